The Balaban J connectivity index is 1.72. The molecule has 0 unspecified atom stereocenters. The summed E-state index contributed by atoms with van der Waals surface area (Å²) in [6.45, 7) is 1.82. The van der Waals surface area contributed by atoms with Crippen molar-refractivity contribution in [2.75, 3.05) is 19.0 Å². The molecular formula is C17H18N2O. The quantitative estimate of drug-likeness (QED) is 0.761. The minimum Gasteiger partial charge on any atom is -0.496 e. The molecule has 2 aromatic carbocycles. The van der Waals surface area contributed by atoms with Gasteiger partial charge in [0.15, 0.2) is 0 Å². The van der Waals surface area contributed by atoms with Crippen molar-refractivity contribution in [1.29, 1.82) is 0 Å². The second kappa shape index (κ2) is 5.70. The summed E-state index contributed by atoms with van der Waals surface area (Å²) < 4.78 is 7.63. The van der Waals surface area contributed by atoms with Crippen molar-refractivity contribution in [3.05, 3.63) is 60.8 Å². The first kappa shape index (κ1) is 12.6. The Bertz CT molecular complexity index is 689. The smallest absolute Gasteiger partial charge is 0.128 e. The summed E-state index contributed by atoms with van der Waals surface area (Å²) in [7, 11) is 1.71. The molecule has 102 valence electrons. The number of anilines is 1. The van der Waals surface area contributed by atoms with E-state index in [1.54, 1.807) is 7.11 Å². The van der Waals surface area contributed by atoms with E-state index in [4.69, 9.17) is 4.74 Å². The normalized spacial score (nSPS) is 10.7. The van der Waals surface area contributed by atoms with Crippen LogP contribution in [0.4, 0.5) is 5.69 Å². The van der Waals surface area contributed by atoms with Crippen molar-refractivity contribution < 1.29 is 4.74 Å². The van der Waals surface area contributed by atoms with E-state index in [9.17, 15) is 0 Å². The standard InChI is InChI=1S/C17H18N2O/c1-20-17-9-5-8-16-15(17)10-12-19(16)13-11-18-14-6-3-2-4-7-14/h2-10,12,18H,11,13H2,1H3. The Morgan fingerprint density at radius 3 is 2.65 bits per heavy atom. The third-order valence-electron chi connectivity index (χ3n) is 3.45. The van der Waals surface area contributed by atoms with Crippen LogP contribution in [0.2, 0.25) is 0 Å². The number of aromatic nitrogens is 1. The molecule has 0 aliphatic heterocycles. The van der Waals surface area contributed by atoms with E-state index in [1.165, 1.54) is 5.52 Å². The molecule has 1 heterocycles. The third kappa shape index (κ3) is 2.48. The van der Waals surface area contributed by atoms with Gasteiger partial charge in [0.2, 0.25) is 0 Å². The maximum absolute atomic E-state index is 5.39. The molecule has 3 nitrogen and oxygen atoms in total. The fraction of sp³-hybridized carbons (Fsp3) is 0.176. The summed E-state index contributed by atoms with van der Waals surface area (Å²) in [6, 6.07) is 18.5. The molecule has 1 N–H and O–H groups in total. The molecule has 1 aromatic heterocycles. The van der Waals surface area contributed by atoms with Crippen LogP contribution in [0.3, 0.4) is 0 Å². The topological polar surface area (TPSA) is 26.2 Å². The first-order chi connectivity index (χ1) is 9.88. The molecular weight excluding hydrogens is 248 g/mol. The second-order valence-corrected chi connectivity index (χ2v) is 4.70. The molecule has 0 radical (unpaired) electrons. The monoisotopic (exact) mass is 266 g/mol. The molecule has 0 amide bonds. The van der Waals surface area contributed by atoms with Crippen molar-refractivity contribution in [1.82, 2.24) is 4.57 Å². The fourth-order valence-corrected chi connectivity index (χ4v) is 2.44. The number of nitrogens with zero attached hydrogens (tertiary/aromatic N) is 1. The van der Waals surface area contributed by atoms with E-state index in [2.05, 4.69) is 40.3 Å². The fourth-order valence-electron chi connectivity index (χ4n) is 2.44. The summed E-state index contributed by atoms with van der Waals surface area (Å²) in [5.74, 6) is 0.928. The molecule has 0 aliphatic rings. The van der Waals surface area contributed by atoms with Gasteiger partial charge in [0.05, 0.1) is 12.6 Å². The van der Waals surface area contributed by atoms with Crippen molar-refractivity contribution in [3.63, 3.8) is 0 Å². The van der Waals surface area contributed by atoms with Crippen molar-refractivity contribution >= 4 is 16.6 Å². The van der Waals surface area contributed by atoms with Crippen molar-refractivity contribution in [2.24, 2.45) is 0 Å². The zero-order valence-corrected chi connectivity index (χ0v) is 11.5. The lowest BCUT2D eigenvalue weighted by atomic mass is 10.2. The Morgan fingerprint density at radius 1 is 1.00 bits per heavy atom. The van der Waals surface area contributed by atoms with Gasteiger partial charge in [-0.05, 0) is 30.3 Å². The van der Waals surface area contributed by atoms with Gasteiger partial charge in [-0.25, -0.2) is 0 Å². The summed E-state index contributed by atoms with van der Waals surface area (Å²) in [4.78, 5) is 0. The average Bonchev–Trinajstić information content (AvgIpc) is 2.92. The lowest BCUT2D eigenvalue weighted by molar-refractivity contribution is 0.420. The summed E-state index contributed by atoms with van der Waals surface area (Å²) in [5, 5.41) is 4.59. The first-order valence-electron chi connectivity index (χ1n) is 6.79. The van der Waals surface area contributed by atoms with Crippen LogP contribution in [0, 0.1) is 0 Å². The molecule has 0 saturated heterocycles. The van der Waals surface area contributed by atoms with Gasteiger partial charge in [-0.1, -0.05) is 24.3 Å². The molecule has 3 heteroatoms. The highest BCUT2D eigenvalue weighted by atomic mass is 16.5. The van der Waals surface area contributed by atoms with Crippen LogP contribution in [0.25, 0.3) is 10.9 Å². The van der Waals surface area contributed by atoms with Gasteiger partial charge in [0.25, 0.3) is 0 Å². The number of hydrogen-bond donors (Lipinski definition) is 1. The summed E-state index contributed by atoms with van der Waals surface area (Å²) >= 11 is 0. The van der Waals surface area contributed by atoms with Crippen LogP contribution >= 0.6 is 0 Å². The minimum atomic E-state index is 0.894. The Labute approximate surface area is 118 Å². The molecule has 0 spiro atoms. The summed E-state index contributed by atoms with van der Waals surface area (Å²) in [6.07, 6.45) is 2.11. The molecule has 3 aromatic rings. The summed E-state index contributed by atoms with van der Waals surface area (Å²) in [5.41, 5.74) is 2.36. The van der Waals surface area contributed by atoms with Gasteiger partial charge in [0, 0.05) is 30.4 Å². The number of fused-ring (bicyclic) bond motifs is 1. The Morgan fingerprint density at radius 2 is 1.85 bits per heavy atom. The van der Waals surface area contributed by atoms with E-state index in [0.717, 1.165) is 29.9 Å². The highest BCUT2D eigenvalue weighted by Gasteiger charge is 2.05. The molecule has 0 saturated carbocycles. The maximum atomic E-state index is 5.39. The van der Waals surface area contributed by atoms with Gasteiger partial charge >= 0.3 is 0 Å². The molecule has 0 aliphatic carbocycles. The number of nitrogens with one attached hydrogen (secondary N) is 1. The lowest BCUT2D eigenvalue weighted by Gasteiger charge is -2.09. The predicted molar refractivity (Wildman–Crippen MR) is 83.4 cm³/mol. The van der Waals surface area contributed by atoms with Gasteiger partial charge in [0.1, 0.15) is 5.75 Å². The van der Waals surface area contributed by atoms with E-state index >= 15 is 0 Å². The number of ether oxygens (including phenoxy) is 1. The molecule has 0 fully saturated rings. The molecule has 0 atom stereocenters. The van der Waals surface area contributed by atoms with E-state index in [1.807, 2.05) is 30.3 Å². The third-order valence-corrected chi connectivity index (χ3v) is 3.45. The number of methoxy groups -OCH3 is 1. The first-order valence-corrected chi connectivity index (χ1v) is 6.79. The maximum Gasteiger partial charge on any atom is 0.128 e. The highest BCUT2D eigenvalue weighted by Crippen LogP contribution is 2.26. The Kier molecular flexibility index (Phi) is 3.59. The lowest BCUT2D eigenvalue weighted by Crippen LogP contribution is -2.09. The van der Waals surface area contributed by atoms with Crippen molar-refractivity contribution in [2.45, 2.75) is 6.54 Å². The van der Waals surface area contributed by atoms with Crippen LogP contribution in [0.5, 0.6) is 5.75 Å². The minimum absolute atomic E-state index is 0.894. The SMILES string of the molecule is COc1cccc2c1ccn2CCNc1ccccc1. The zero-order valence-electron chi connectivity index (χ0n) is 11.5. The van der Waals surface area contributed by atoms with Crippen LogP contribution in [-0.2, 0) is 6.54 Å². The van der Waals surface area contributed by atoms with E-state index in [-0.39, 0.29) is 0 Å². The number of hydrogen-bond acceptors (Lipinski definition) is 2. The largest absolute Gasteiger partial charge is 0.496 e. The van der Waals surface area contributed by atoms with Gasteiger partial charge in [-0.15, -0.1) is 0 Å². The zero-order chi connectivity index (χ0) is 13.8. The molecule has 3 rings (SSSR count). The van der Waals surface area contributed by atoms with Gasteiger partial charge in [-0.3, -0.25) is 0 Å². The van der Waals surface area contributed by atoms with Crippen LogP contribution in [0.15, 0.2) is 60.8 Å². The van der Waals surface area contributed by atoms with Gasteiger partial charge < -0.3 is 14.6 Å². The van der Waals surface area contributed by atoms with Crippen molar-refractivity contribution in [3.8, 4) is 5.75 Å². The average molecular weight is 266 g/mol. The van der Waals surface area contributed by atoms with Crippen LogP contribution in [-0.4, -0.2) is 18.2 Å². The number of benzene rings is 2. The van der Waals surface area contributed by atoms with E-state index < -0.39 is 0 Å². The van der Waals surface area contributed by atoms with Crippen LogP contribution < -0.4 is 10.1 Å². The second-order valence-electron chi connectivity index (χ2n) is 4.70. The predicted octanol–water partition coefficient (Wildman–Crippen LogP) is 3.76. The number of rotatable bonds is 5. The highest BCUT2D eigenvalue weighted by molar-refractivity contribution is 5.86. The van der Waals surface area contributed by atoms with E-state index in [0.29, 0.717) is 0 Å². The Hall–Kier alpha value is -2.42. The molecule has 0 bridgehead atoms. The van der Waals surface area contributed by atoms with Gasteiger partial charge in [-0.2, -0.15) is 0 Å². The number of para-hydroxylation sites is 1. The molecule has 20 heavy (non-hydrogen) atoms. The van der Waals surface area contributed by atoms with Crippen LogP contribution in [0.1, 0.15) is 0 Å².